The van der Waals surface area contributed by atoms with Crippen molar-refractivity contribution >= 4 is 29.2 Å². The van der Waals surface area contributed by atoms with Crippen LogP contribution in [0.15, 0.2) is 18.2 Å². The van der Waals surface area contributed by atoms with Crippen molar-refractivity contribution in [1.82, 2.24) is 0 Å². The van der Waals surface area contributed by atoms with E-state index < -0.39 is 5.97 Å². The summed E-state index contributed by atoms with van der Waals surface area (Å²) in [6, 6.07) is 5.50. The number of halogens is 2. The van der Waals surface area contributed by atoms with Gasteiger partial charge >= 0.3 is 5.97 Å². The van der Waals surface area contributed by atoms with Crippen LogP contribution in [0.1, 0.15) is 31.2 Å². The minimum atomic E-state index is -0.675. The van der Waals surface area contributed by atoms with E-state index in [0.29, 0.717) is 21.9 Å². The summed E-state index contributed by atoms with van der Waals surface area (Å²) in [6.45, 7) is 2.08. The molecule has 0 radical (unpaired) electrons. The van der Waals surface area contributed by atoms with E-state index in [1.165, 1.54) is 0 Å². The molecule has 92 valence electrons. The molecule has 17 heavy (non-hydrogen) atoms. The second-order valence-electron chi connectivity index (χ2n) is 4.78. The Bertz CT molecular complexity index is 425. The van der Waals surface area contributed by atoms with Gasteiger partial charge in [-0.3, -0.25) is 4.79 Å². The van der Waals surface area contributed by atoms with Gasteiger partial charge in [-0.15, -0.1) is 0 Å². The van der Waals surface area contributed by atoms with Crippen LogP contribution in [0.2, 0.25) is 10.0 Å². The van der Waals surface area contributed by atoms with Crippen molar-refractivity contribution in [3.05, 3.63) is 33.8 Å². The van der Waals surface area contributed by atoms with Gasteiger partial charge in [0, 0.05) is 10.0 Å². The predicted octanol–water partition coefficient (Wildman–Crippen LogP) is 4.21. The first-order valence-corrected chi connectivity index (χ1v) is 6.41. The molecule has 0 saturated heterocycles. The van der Waals surface area contributed by atoms with Crippen LogP contribution >= 0.6 is 23.2 Å². The van der Waals surface area contributed by atoms with Gasteiger partial charge in [-0.05, 0) is 48.4 Å². The number of aliphatic carboxylic acids is 1. The summed E-state index contributed by atoms with van der Waals surface area (Å²) in [5.41, 5.74) is 1.08. The first-order valence-electron chi connectivity index (χ1n) is 5.66. The Labute approximate surface area is 111 Å². The number of benzene rings is 1. The molecule has 0 aliphatic heterocycles. The third-order valence-electron chi connectivity index (χ3n) is 3.35. The molecular weight excluding hydrogens is 259 g/mol. The molecule has 2 rings (SSSR count). The van der Waals surface area contributed by atoms with E-state index in [-0.39, 0.29) is 5.92 Å². The first-order chi connectivity index (χ1) is 7.97. The normalized spacial score (nSPS) is 24.4. The molecule has 2 nitrogen and oxygen atoms in total. The lowest BCUT2D eigenvalue weighted by Gasteiger charge is -2.12. The second-order valence-corrected chi connectivity index (χ2v) is 5.65. The molecule has 0 spiro atoms. The highest BCUT2D eigenvalue weighted by atomic mass is 35.5. The number of rotatable bonds is 4. The fourth-order valence-corrected chi connectivity index (χ4v) is 2.80. The Morgan fingerprint density at radius 3 is 2.47 bits per heavy atom. The highest BCUT2D eigenvalue weighted by Crippen LogP contribution is 2.45. The van der Waals surface area contributed by atoms with Crippen LogP contribution in [0.25, 0.3) is 0 Å². The van der Waals surface area contributed by atoms with Crippen LogP contribution in [0, 0.1) is 11.8 Å². The smallest absolute Gasteiger partial charge is 0.306 e. The average Bonchev–Trinajstić information content (AvgIpc) is 2.95. The lowest BCUT2D eigenvalue weighted by atomic mass is 9.95. The van der Waals surface area contributed by atoms with Crippen LogP contribution in [0.4, 0.5) is 0 Å². The number of carbonyl (C=O) groups is 1. The molecule has 1 saturated carbocycles. The molecule has 1 aromatic carbocycles. The third-order valence-corrected chi connectivity index (χ3v) is 3.79. The molecule has 0 heterocycles. The molecule has 0 aromatic heterocycles. The summed E-state index contributed by atoms with van der Waals surface area (Å²) >= 11 is 11.9. The third kappa shape index (κ3) is 3.14. The van der Waals surface area contributed by atoms with Crippen LogP contribution in [-0.2, 0) is 4.79 Å². The van der Waals surface area contributed by atoms with Crippen molar-refractivity contribution in [2.75, 3.05) is 0 Å². The molecule has 4 heteroatoms. The molecule has 1 aliphatic rings. The van der Waals surface area contributed by atoms with Gasteiger partial charge in [0.15, 0.2) is 0 Å². The van der Waals surface area contributed by atoms with Crippen LogP contribution < -0.4 is 0 Å². The number of hydrogen-bond acceptors (Lipinski definition) is 1. The van der Waals surface area contributed by atoms with E-state index in [9.17, 15) is 4.79 Å². The molecule has 1 aliphatic carbocycles. The lowest BCUT2D eigenvalue weighted by Crippen LogP contribution is -2.02. The van der Waals surface area contributed by atoms with Crippen molar-refractivity contribution in [1.29, 1.82) is 0 Å². The molecule has 3 atom stereocenters. The zero-order chi connectivity index (χ0) is 12.6. The van der Waals surface area contributed by atoms with Gasteiger partial charge in [0.1, 0.15) is 0 Å². The zero-order valence-electron chi connectivity index (χ0n) is 9.49. The topological polar surface area (TPSA) is 37.3 Å². The quantitative estimate of drug-likeness (QED) is 0.892. The Balaban J connectivity index is 2.00. The Kier molecular flexibility index (Phi) is 3.64. The molecule has 1 aromatic rings. The van der Waals surface area contributed by atoms with Crippen molar-refractivity contribution in [2.24, 2.45) is 11.8 Å². The monoisotopic (exact) mass is 272 g/mol. The van der Waals surface area contributed by atoms with Gasteiger partial charge in [-0.1, -0.05) is 30.1 Å². The minimum Gasteiger partial charge on any atom is -0.481 e. The van der Waals surface area contributed by atoms with Gasteiger partial charge < -0.3 is 5.11 Å². The Morgan fingerprint density at radius 2 is 2.00 bits per heavy atom. The molecule has 0 amide bonds. The van der Waals surface area contributed by atoms with Gasteiger partial charge in [-0.25, -0.2) is 0 Å². The van der Waals surface area contributed by atoms with Gasteiger partial charge in [0.25, 0.3) is 0 Å². The van der Waals surface area contributed by atoms with E-state index in [0.717, 1.165) is 18.4 Å². The van der Waals surface area contributed by atoms with E-state index >= 15 is 0 Å². The van der Waals surface area contributed by atoms with Crippen molar-refractivity contribution in [2.45, 2.75) is 25.7 Å². The average molecular weight is 273 g/mol. The standard InChI is InChI=1S/C13H14Cl2O2/c1-7(2-9-5-12(9)13(16)17)8-3-10(14)6-11(15)4-8/h3-4,6-7,9,12H,2,5H2,1H3,(H,16,17). The SMILES string of the molecule is CC(CC1CC1C(=O)O)c1cc(Cl)cc(Cl)c1. The summed E-state index contributed by atoms with van der Waals surface area (Å²) in [7, 11) is 0. The first kappa shape index (κ1) is 12.7. The highest BCUT2D eigenvalue weighted by molar-refractivity contribution is 6.34. The summed E-state index contributed by atoms with van der Waals surface area (Å²) in [5.74, 6) is -0.223. The Morgan fingerprint density at radius 1 is 1.41 bits per heavy atom. The van der Waals surface area contributed by atoms with E-state index in [1.807, 2.05) is 12.1 Å². The number of carboxylic acids is 1. The summed E-state index contributed by atoms with van der Waals surface area (Å²) in [6.07, 6.45) is 1.68. The zero-order valence-corrected chi connectivity index (χ0v) is 11.0. The maximum Gasteiger partial charge on any atom is 0.306 e. The number of carboxylic acid groups (broad SMARTS) is 1. The van der Waals surface area contributed by atoms with E-state index in [2.05, 4.69) is 6.92 Å². The molecular formula is C13H14Cl2O2. The molecule has 3 unspecified atom stereocenters. The maximum atomic E-state index is 10.8. The predicted molar refractivity (Wildman–Crippen MR) is 68.7 cm³/mol. The van der Waals surface area contributed by atoms with Gasteiger partial charge in [-0.2, -0.15) is 0 Å². The summed E-state index contributed by atoms with van der Waals surface area (Å²) < 4.78 is 0. The van der Waals surface area contributed by atoms with E-state index in [4.69, 9.17) is 28.3 Å². The molecule has 0 bridgehead atoms. The largest absolute Gasteiger partial charge is 0.481 e. The maximum absolute atomic E-state index is 10.8. The number of hydrogen-bond donors (Lipinski definition) is 1. The van der Waals surface area contributed by atoms with Crippen LogP contribution in [-0.4, -0.2) is 11.1 Å². The second kappa shape index (κ2) is 4.87. The van der Waals surface area contributed by atoms with Gasteiger partial charge in [0.05, 0.1) is 5.92 Å². The minimum absolute atomic E-state index is 0.146. The van der Waals surface area contributed by atoms with Crippen molar-refractivity contribution < 1.29 is 9.90 Å². The Hall–Kier alpha value is -0.730. The fraction of sp³-hybridized carbons (Fsp3) is 0.462. The van der Waals surface area contributed by atoms with Crippen LogP contribution in [0.3, 0.4) is 0 Å². The van der Waals surface area contributed by atoms with Crippen molar-refractivity contribution in [3.63, 3.8) is 0 Å². The van der Waals surface area contributed by atoms with Gasteiger partial charge in [0.2, 0.25) is 0 Å². The summed E-state index contributed by atoms with van der Waals surface area (Å²) in [5, 5.41) is 10.1. The highest BCUT2D eigenvalue weighted by Gasteiger charge is 2.43. The van der Waals surface area contributed by atoms with Crippen molar-refractivity contribution in [3.8, 4) is 0 Å². The molecule has 1 fully saturated rings. The molecule has 1 N–H and O–H groups in total. The van der Waals surface area contributed by atoms with E-state index in [1.54, 1.807) is 6.07 Å². The lowest BCUT2D eigenvalue weighted by molar-refractivity contribution is -0.138. The fourth-order valence-electron chi connectivity index (χ4n) is 2.26. The summed E-state index contributed by atoms with van der Waals surface area (Å²) in [4.78, 5) is 10.8. The van der Waals surface area contributed by atoms with Crippen LogP contribution in [0.5, 0.6) is 0 Å².